The van der Waals surface area contributed by atoms with Gasteiger partial charge in [-0.15, -0.1) is 13.2 Å². The molecule has 45 heavy (non-hydrogen) atoms. The summed E-state index contributed by atoms with van der Waals surface area (Å²) in [6.07, 6.45) is 3.70. The van der Waals surface area contributed by atoms with E-state index < -0.39 is 47.7 Å². The quantitative estimate of drug-likeness (QED) is 0.199. The third-order valence-electron chi connectivity index (χ3n) is 9.10. The Morgan fingerprint density at radius 2 is 1.96 bits per heavy atom. The summed E-state index contributed by atoms with van der Waals surface area (Å²) in [5, 5.41) is 12.6. The molecule has 3 fully saturated rings. The predicted octanol–water partition coefficient (Wildman–Crippen LogP) is 2.55. The first-order chi connectivity index (χ1) is 21.6. The van der Waals surface area contributed by atoms with Gasteiger partial charge in [-0.05, 0) is 45.1 Å². The third-order valence-corrected chi connectivity index (χ3v) is 9.10. The van der Waals surface area contributed by atoms with Gasteiger partial charge in [0.25, 0.3) is 0 Å². The highest BCUT2D eigenvalue weighted by Crippen LogP contribution is 2.59. The second kappa shape index (κ2) is 15.2. The number of allylic oxidation sites excluding steroid dienone is 1. The normalized spacial score (nSPS) is 26.3. The van der Waals surface area contributed by atoms with E-state index in [9.17, 15) is 24.3 Å². The van der Waals surface area contributed by atoms with Crippen LogP contribution in [0.3, 0.4) is 0 Å². The van der Waals surface area contributed by atoms with E-state index in [1.54, 1.807) is 29.2 Å². The number of amides is 3. The number of carbonyl (C=O) groups is 4. The minimum Gasteiger partial charge on any atom is -0.455 e. The molecule has 3 aliphatic heterocycles. The van der Waals surface area contributed by atoms with E-state index in [0.29, 0.717) is 31.4 Å². The summed E-state index contributed by atoms with van der Waals surface area (Å²) in [4.78, 5) is 58.5. The molecule has 1 aromatic rings. The largest absolute Gasteiger partial charge is 0.455 e. The Kier molecular flexibility index (Phi) is 11.6. The lowest BCUT2D eigenvalue weighted by molar-refractivity contribution is -0.163. The van der Waals surface area contributed by atoms with E-state index in [0.717, 1.165) is 0 Å². The minimum absolute atomic E-state index is 0.0728. The van der Waals surface area contributed by atoms with E-state index in [1.807, 2.05) is 32.0 Å². The molecule has 1 aromatic carbocycles. The number of hydrogen-bond acceptors (Lipinski definition) is 8. The fourth-order valence-corrected chi connectivity index (χ4v) is 7.16. The van der Waals surface area contributed by atoms with E-state index in [4.69, 9.17) is 14.2 Å². The topological polar surface area (TPSA) is 135 Å². The van der Waals surface area contributed by atoms with Crippen molar-refractivity contribution in [2.24, 2.45) is 11.8 Å². The van der Waals surface area contributed by atoms with Crippen molar-refractivity contribution in [2.45, 2.75) is 81.9 Å². The molecule has 3 heterocycles. The average molecular weight is 626 g/mol. The van der Waals surface area contributed by atoms with Crippen molar-refractivity contribution in [3.63, 3.8) is 0 Å². The van der Waals surface area contributed by atoms with Crippen LogP contribution >= 0.6 is 0 Å². The molecule has 11 heteroatoms. The SMILES string of the molecule is C=CCCC(=O)N[C@H](COC)[C@H](OC(=O)[C@@H]1[C@H]2C(=O)N(CCCO)[C@H](C(=O)N(CC=C)C(C)C)[C@]23CC[C@H]1O3)c1ccccc1. The number of nitrogens with one attached hydrogen (secondary N) is 1. The van der Waals surface area contributed by atoms with Crippen LogP contribution in [0.1, 0.15) is 57.6 Å². The summed E-state index contributed by atoms with van der Waals surface area (Å²) in [6.45, 7) is 11.6. The maximum Gasteiger partial charge on any atom is 0.313 e. The molecule has 0 aromatic heterocycles. The average Bonchev–Trinajstić information content (AvgIpc) is 3.67. The highest BCUT2D eigenvalue weighted by molar-refractivity contribution is 5.98. The second-order valence-electron chi connectivity index (χ2n) is 12.3. The van der Waals surface area contributed by atoms with Gasteiger partial charge in [0.1, 0.15) is 17.7 Å². The van der Waals surface area contributed by atoms with Crippen LogP contribution in [0.4, 0.5) is 0 Å². The van der Waals surface area contributed by atoms with E-state index in [1.165, 1.54) is 12.0 Å². The molecule has 11 nitrogen and oxygen atoms in total. The lowest BCUT2D eigenvalue weighted by atomic mass is 9.70. The lowest BCUT2D eigenvalue weighted by Gasteiger charge is -2.38. The molecule has 0 unspecified atom stereocenters. The second-order valence-corrected chi connectivity index (χ2v) is 12.3. The summed E-state index contributed by atoms with van der Waals surface area (Å²) in [6, 6.07) is 7.27. The third kappa shape index (κ3) is 6.85. The van der Waals surface area contributed by atoms with Gasteiger partial charge in [-0.1, -0.05) is 42.5 Å². The molecule has 7 atom stereocenters. The zero-order chi connectivity index (χ0) is 32.7. The van der Waals surface area contributed by atoms with Crippen LogP contribution in [0.25, 0.3) is 0 Å². The van der Waals surface area contributed by atoms with Gasteiger partial charge in [0.05, 0.1) is 30.6 Å². The molecular weight excluding hydrogens is 578 g/mol. The molecule has 1 spiro atoms. The Balaban J connectivity index is 1.68. The van der Waals surface area contributed by atoms with Crippen LogP contribution in [0, 0.1) is 11.8 Å². The number of benzene rings is 1. The van der Waals surface area contributed by atoms with Crippen molar-refractivity contribution < 1.29 is 38.5 Å². The number of esters is 1. The van der Waals surface area contributed by atoms with Gasteiger partial charge in [0.2, 0.25) is 17.7 Å². The van der Waals surface area contributed by atoms with Crippen molar-refractivity contribution in [1.82, 2.24) is 15.1 Å². The first-order valence-electron chi connectivity index (χ1n) is 15.8. The maximum absolute atomic E-state index is 14.2. The Bertz CT molecular complexity index is 1240. The molecule has 2 bridgehead atoms. The van der Waals surface area contributed by atoms with Crippen LogP contribution in [0.5, 0.6) is 0 Å². The van der Waals surface area contributed by atoms with Gasteiger partial charge >= 0.3 is 5.97 Å². The van der Waals surface area contributed by atoms with Crippen LogP contribution in [0.2, 0.25) is 0 Å². The number of nitrogens with zero attached hydrogens (tertiary/aromatic N) is 2. The van der Waals surface area contributed by atoms with E-state index >= 15 is 0 Å². The Morgan fingerprint density at radius 3 is 2.58 bits per heavy atom. The number of aliphatic hydroxyl groups is 1. The molecule has 0 radical (unpaired) electrons. The van der Waals surface area contributed by atoms with Crippen LogP contribution in [-0.2, 0) is 33.4 Å². The van der Waals surface area contributed by atoms with Gasteiger partial charge in [0.15, 0.2) is 0 Å². The van der Waals surface area contributed by atoms with Crippen molar-refractivity contribution in [3.05, 3.63) is 61.2 Å². The number of likely N-dealkylation sites (tertiary alicyclic amines) is 1. The summed E-state index contributed by atoms with van der Waals surface area (Å²) < 4.78 is 18.2. The van der Waals surface area contributed by atoms with Gasteiger partial charge in [-0.3, -0.25) is 19.2 Å². The standard InChI is InChI=1S/C34H47N3O8/c1-6-8-15-26(39)35-24(21-43-5)29(23-13-10-9-11-14-23)44-33(42)27-25-16-17-34(45-25)28(27)31(40)37(19-12-20-38)30(34)32(41)36(18-7-2)22(3)4/h6-7,9-11,13-14,22,24-25,27-30,38H,1-2,8,12,15-21H2,3-5H3,(H,35,39)/t24-,25-,27+,28+,29-,30-,34+/m1/s1. The Morgan fingerprint density at radius 1 is 1.22 bits per heavy atom. The zero-order valence-corrected chi connectivity index (χ0v) is 26.6. The van der Waals surface area contributed by atoms with Crippen molar-refractivity contribution in [1.29, 1.82) is 0 Å². The summed E-state index contributed by atoms with van der Waals surface area (Å²) in [5.74, 6) is -3.35. The summed E-state index contributed by atoms with van der Waals surface area (Å²) in [5.41, 5.74) is -0.539. The molecule has 3 amide bonds. The number of hydrogen-bond donors (Lipinski definition) is 2. The zero-order valence-electron chi connectivity index (χ0n) is 26.6. The predicted molar refractivity (Wildman–Crippen MR) is 167 cm³/mol. The van der Waals surface area contributed by atoms with Gasteiger partial charge in [-0.25, -0.2) is 0 Å². The Hall–Kier alpha value is -3.54. The number of fused-ring (bicyclic) bond motifs is 1. The highest BCUT2D eigenvalue weighted by atomic mass is 16.6. The summed E-state index contributed by atoms with van der Waals surface area (Å²) >= 11 is 0. The molecule has 2 N–H and O–H groups in total. The minimum atomic E-state index is -1.20. The molecule has 0 saturated carbocycles. The van der Waals surface area contributed by atoms with Crippen LogP contribution in [0.15, 0.2) is 55.6 Å². The monoisotopic (exact) mass is 625 g/mol. The fourth-order valence-electron chi connectivity index (χ4n) is 7.16. The van der Waals surface area contributed by atoms with Crippen LogP contribution in [-0.4, -0.2) is 102 Å². The summed E-state index contributed by atoms with van der Waals surface area (Å²) in [7, 11) is 1.50. The highest BCUT2D eigenvalue weighted by Gasteiger charge is 2.75. The first kappa shape index (κ1) is 34.3. The van der Waals surface area contributed by atoms with E-state index in [-0.39, 0.29) is 56.4 Å². The van der Waals surface area contributed by atoms with Crippen molar-refractivity contribution in [2.75, 3.05) is 33.4 Å². The van der Waals surface area contributed by atoms with Gasteiger partial charge < -0.3 is 34.4 Å². The molecule has 246 valence electrons. The number of carbonyl (C=O) groups excluding carboxylic acids is 4. The molecule has 3 saturated heterocycles. The number of aliphatic hydroxyl groups excluding tert-OH is 1. The van der Waals surface area contributed by atoms with Gasteiger partial charge in [0, 0.05) is 39.3 Å². The smallest absolute Gasteiger partial charge is 0.313 e. The molecular formula is C34H47N3O8. The maximum atomic E-state index is 14.2. The van der Waals surface area contributed by atoms with Crippen molar-refractivity contribution >= 4 is 23.7 Å². The first-order valence-corrected chi connectivity index (χ1v) is 15.8. The molecule has 3 aliphatic rings. The Labute approximate surface area is 265 Å². The molecule has 0 aliphatic carbocycles. The number of methoxy groups -OCH3 is 1. The molecule has 4 rings (SSSR count). The van der Waals surface area contributed by atoms with Crippen molar-refractivity contribution in [3.8, 4) is 0 Å². The number of ether oxygens (including phenoxy) is 3. The van der Waals surface area contributed by atoms with Gasteiger partial charge in [-0.2, -0.15) is 0 Å². The van der Waals surface area contributed by atoms with Crippen LogP contribution < -0.4 is 5.32 Å². The lowest BCUT2D eigenvalue weighted by Crippen LogP contribution is -2.57. The fraction of sp³-hybridized carbons (Fsp3) is 0.588. The van der Waals surface area contributed by atoms with E-state index in [2.05, 4.69) is 18.5 Å². The number of rotatable bonds is 17.